The van der Waals surface area contributed by atoms with Crippen molar-refractivity contribution in [2.24, 2.45) is 5.92 Å². The number of nitrogens with one attached hydrogen (secondary N) is 2. The Bertz CT molecular complexity index is 435. The van der Waals surface area contributed by atoms with E-state index in [2.05, 4.69) is 29.5 Å². The van der Waals surface area contributed by atoms with Crippen LogP contribution in [0.3, 0.4) is 0 Å². The number of rotatable bonds is 10. The van der Waals surface area contributed by atoms with Gasteiger partial charge in [-0.2, -0.15) is 0 Å². The molecule has 0 unspecified atom stereocenters. The highest BCUT2D eigenvalue weighted by Gasteiger charge is 2.15. The third kappa shape index (κ3) is 6.77. The van der Waals surface area contributed by atoms with Crippen molar-refractivity contribution in [2.45, 2.75) is 33.1 Å². The van der Waals surface area contributed by atoms with Crippen molar-refractivity contribution in [2.75, 3.05) is 37.9 Å². The van der Waals surface area contributed by atoms with Gasteiger partial charge in [-0.15, -0.1) is 0 Å². The topological polar surface area (TPSA) is 89.3 Å². The SMILES string of the molecule is COCCNc1nc(N)c(C(=O)NCCCCC(C)C)s1. The number of unbranched alkanes of at least 4 members (excludes halogenated alkanes) is 1. The first-order chi connectivity index (χ1) is 10.0. The van der Waals surface area contributed by atoms with Gasteiger partial charge in [0, 0.05) is 20.2 Å². The molecule has 1 aromatic rings. The maximum Gasteiger partial charge on any atom is 0.265 e. The molecule has 4 N–H and O–H groups in total. The van der Waals surface area contributed by atoms with Gasteiger partial charge in [0.15, 0.2) is 5.13 Å². The number of hydrogen-bond donors (Lipinski definition) is 3. The fourth-order valence-electron chi connectivity index (χ4n) is 1.79. The van der Waals surface area contributed by atoms with E-state index < -0.39 is 0 Å². The molecule has 1 aromatic heterocycles. The number of nitrogens with zero attached hydrogens (tertiary/aromatic N) is 1. The maximum atomic E-state index is 12.0. The van der Waals surface area contributed by atoms with Gasteiger partial charge in [-0.1, -0.05) is 38.0 Å². The van der Waals surface area contributed by atoms with Crippen LogP contribution in [0.5, 0.6) is 0 Å². The van der Waals surface area contributed by atoms with E-state index in [1.165, 1.54) is 17.8 Å². The van der Waals surface area contributed by atoms with E-state index in [1.807, 2.05) is 0 Å². The van der Waals surface area contributed by atoms with Crippen LogP contribution >= 0.6 is 11.3 Å². The first kappa shape index (κ1) is 17.7. The van der Waals surface area contributed by atoms with Crippen molar-refractivity contribution in [3.8, 4) is 0 Å². The van der Waals surface area contributed by atoms with Crippen LogP contribution in [0.1, 0.15) is 42.8 Å². The van der Waals surface area contributed by atoms with Crippen molar-refractivity contribution in [1.82, 2.24) is 10.3 Å². The number of carbonyl (C=O) groups is 1. The fraction of sp³-hybridized carbons (Fsp3) is 0.714. The summed E-state index contributed by atoms with van der Waals surface area (Å²) in [7, 11) is 1.63. The lowest BCUT2D eigenvalue weighted by molar-refractivity contribution is 0.0957. The summed E-state index contributed by atoms with van der Waals surface area (Å²) in [4.78, 5) is 16.6. The van der Waals surface area contributed by atoms with Gasteiger partial charge >= 0.3 is 0 Å². The first-order valence-corrected chi connectivity index (χ1v) is 8.13. The molecular formula is C14H26N4O2S. The summed E-state index contributed by atoms with van der Waals surface area (Å²) in [6.07, 6.45) is 3.30. The molecule has 0 bridgehead atoms. The summed E-state index contributed by atoms with van der Waals surface area (Å²) < 4.78 is 4.94. The largest absolute Gasteiger partial charge is 0.383 e. The van der Waals surface area contributed by atoms with Gasteiger partial charge < -0.3 is 21.1 Å². The minimum atomic E-state index is -0.144. The third-order valence-corrected chi connectivity index (χ3v) is 3.96. The van der Waals surface area contributed by atoms with Gasteiger partial charge in [-0.05, 0) is 12.3 Å². The number of aromatic nitrogens is 1. The second kappa shape index (κ2) is 9.57. The average molecular weight is 314 g/mol. The van der Waals surface area contributed by atoms with Gasteiger partial charge in [-0.3, -0.25) is 4.79 Å². The highest BCUT2D eigenvalue weighted by atomic mass is 32.1. The van der Waals surface area contributed by atoms with Crippen molar-refractivity contribution in [1.29, 1.82) is 0 Å². The van der Waals surface area contributed by atoms with Crippen LogP contribution in [0.25, 0.3) is 0 Å². The Morgan fingerprint density at radius 2 is 2.14 bits per heavy atom. The van der Waals surface area contributed by atoms with Crippen LogP contribution in [0.15, 0.2) is 0 Å². The second-order valence-corrected chi connectivity index (χ2v) is 6.30. The van der Waals surface area contributed by atoms with E-state index in [0.717, 1.165) is 12.8 Å². The Kier molecular flexibility index (Phi) is 8.07. The van der Waals surface area contributed by atoms with Crippen LogP contribution in [0, 0.1) is 5.92 Å². The van der Waals surface area contributed by atoms with Gasteiger partial charge in [-0.25, -0.2) is 4.98 Å². The van der Waals surface area contributed by atoms with E-state index in [-0.39, 0.29) is 11.7 Å². The van der Waals surface area contributed by atoms with E-state index >= 15 is 0 Å². The molecule has 1 amide bonds. The molecule has 21 heavy (non-hydrogen) atoms. The number of amides is 1. The maximum absolute atomic E-state index is 12.0. The lowest BCUT2D eigenvalue weighted by atomic mass is 10.1. The van der Waals surface area contributed by atoms with Gasteiger partial charge in [0.05, 0.1) is 6.61 Å². The van der Waals surface area contributed by atoms with Crippen LogP contribution in [-0.4, -0.2) is 37.7 Å². The zero-order chi connectivity index (χ0) is 15.7. The molecule has 120 valence electrons. The molecule has 7 heteroatoms. The van der Waals surface area contributed by atoms with Crippen molar-refractivity contribution in [3.05, 3.63) is 4.88 Å². The highest BCUT2D eigenvalue weighted by Crippen LogP contribution is 2.24. The summed E-state index contributed by atoms with van der Waals surface area (Å²) in [5.41, 5.74) is 5.78. The van der Waals surface area contributed by atoms with E-state index in [9.17, 15) is 4.79 Å². The summed E-state index contributed by atoms with van der Waals surface area (Å²) in [6.45, 7) is 6.30. The number of thiazole rings is 1. The summed E-state index contributed by atoms with van der Waals surface area (Å²) in [6, 6.07) is 0. The second-order valence-electron chi connectivity index (χ2n) is 5.30. The monoisotopic (exact) mass is 314 g/mol. The minimum Gasteiger partial charge on any atom is -0.383 e. The predicted molar refractivity (Wildman–Crippen MR) is 87.9 cm³/mol. The molecule has 0 aliphatic rings. The molecule has 0 spiro atoms. The van der Waals surface area contributed by atoms with Crippen LogP contribution in [0.2, 0.25) is 0 Å². The number of carbonyl (C=O) groups excluding carboxylic acids is 1. The van der Waals surface area contributed by atoms with Crippen molar-refractivity contribution < 1.29 is 9.53 Å². The Morgan fingerprint density at radius 1 is 1.38 bits per heavy atom. The third-order valence-electron chi connectivity index (χ3n) is 2.94. The molecule has 0 aliphatic carbocycles. The van der Waals surface area contributed by atoms with Gasteiger partial charge in [0.2, 0.25) is 0 Å². The zero-order valence-corrected chi connectivity index (χ0v) is 13.9. The predicted octanol–water partition coefficient (Wildman–Crippen LogP) is 2.34. The Labute approximate surface area is 130 Å². The zero-order valence-electron chi connectivity index (χ0n) is 13.1. The van der Waals surface area contributed by atoms with E-state index in [1.54, 1.807) is 7.11 Å². The molecule has 1 heterocycles. The Morgan fingerprint density at radius 3 is 2.81 bits per heavy atom. The number of ether oxygens (including phenoxy) is 1. The van der Waals surface area contributed by atoms with Gasteiger partial charge in [0.25, 0.3) is 5.91 Å². The normalized spacial score (nSPS) is 10.9. The quantitative estimate of drug-likeness (QED) is 0.577. The molecular weight excluding hydrogens is 288 g/mol. The van der Waals surface area contributed by atoms with Crippen LogP contribution in [-0.2, 0) is 4.74 Å². The summed E-state index contributed by atoms with van der Waals surface area (Å²) in [5.74, 6) is 0.840. The Balaban J connectivity index is 2.36. The van der Waals surface area contributed by atoms with Crippen molar-refractivity contribution in [3.63, 3.8) is 0 Å². The molecule has 0 aliphatic heterocycles. The lowest BCUT2D eigenvalue weighted by Crippen LogP contribution is -2.24. The standard InChI is InChI=1S/C14H26N4O2S/c1-10(2)6-4-5-7-16-13(19)11-12(15)18-14(21-11)17-8-9-20-3/h10H,4-9,15H2,1-3H3,(H,16,19)(H,17,18). The van der Waals surface area contributed by atoms with Crippen LogP contribution in [0.4, 0.5) is 10.9 Å². The van der Waals surface area contributed by atoms with Crippen molar-refractivity contribution >= 4 is 28.2 Å². The van der Waals surface area contributed by atoms with E-state index in [4.69, 9.17) is 10.5 Å². The Hall–Kier alpha value is -1.34. The fourth-order valence-corrected chi connectivity index (χ4v) is 2.62. The molecule has 0 saturated heterocycles. The first-order valence-electron chi connectivity index (χ1n) is 7.32. The average Bonchev–Trinajstić information content (AvgIpc) is 2.79. The molecule has 0 atom stereocenters. The smallest absolute Gasteiger partial charge is 0.265 e. The number of anilines is 2. The summed E-state index contributed by atoms with van der Waals surface area (Å²) in [5, 5.41) is 6.61. The molecule has 0 radical (unpaired) electrons. The molecule has 0 fully saturated rings. The number of methoxy groups -OCH3 is 1. The molecule has 0 saturated carbocycles. The highest BCUT2D eigenvalue weighted by molar-refractivity contribution is 7.18. The lowest BCUT2D eigenvalue weighted by Gasteiger charge is -2.05. The number of nitrogen functional groups attached to an aromatic ring is 1. The molecule has 6 nitrogen and oxygen atoms in total. The number of nitrogens with two attached hydrogens (primary N) is 1. The van der Waals surface area contributed by atoms with Crippen LogP contribution < -0.4 is 16.4 Å². The van der Waals surface area contributed by atoms with Gasteiger partial charge in [0.1, 0.15) is 10.7 Å². The molecule has 0 aromatic carbocycles. The molecule has 1 rings (SSSR count). The summed E-state index contributed by atoms with van der Waals surface area (Å²) >= 11 is 1.27. The minimum absolute atomic E-state index is 0.144. The number of hydrogen-bond acceptors (Lipinski definition) is 6. The van der Waals surface area contributed by atoms with E-state index in [0.29, 0.717) is 35.6 Å².